The topological polar surface area (TPSA) is 26.8 Å². The Bertz CT molecular complexity index is 1010. The minimum absolute atomic E-state index is 0.165. The molecule has 0 aromatic heterocycles. The number of carbonyl (C=O) groups excluding carboxylic acids is 1. The first kappa shape index (κ1) is 21.4. The summed E-state index contributed by atoms with van der Waals surface area (Å²) < 4.78 is 0. The third-order valence-electron chi connectivity index (χ3n) is 6.60. The van der Waals surface area contributed by atoms with Gasteiger partial charge in [-0.2, -0.15) is 0 Å². The van der Waals surface area contributed by atoms with E-state index in [4.69, 9.17) is 23.2 Å². The van der Waals surface area contributed by atoms with Gasteiger partial charge in [0.25, 0.3) is 0 Å². The van der Waals surface area contributed by atoms with E-state index >= 15 is 0 Å². The smallest absolute Gasteiger partial charge is 0.245 e. The zero-order chi connectivity index (χ0) is 21.8. The van der Waals surface area contributed by atoms with Gasteiger partial charge in [0.15, 0.2) is 0 Å². The van der Waals surface area contributed by atoms with E-state index in [-0.39, 0.29) is 16.8 Å². The van der Waals surface area contributed by atoms with Crippen molar-refractivity contribution in [2.45, 2.75) is 50.2 Å². The van der Waals surface area contributed by atoms with Crippen LogP contribution in [0.4, 0.5) is 11.4 Å². The van der Waals surface area contributed by atoms with Crippen LogP contribution in [0, 0.1) is 0 Å². The molecule has 1 atom stereocenters. The van der Waals surface area contributed by atoms with E-state index in [2.05, 4.69) is 41.8 Å². The van der Waals surface area contributed by atoms with Gasteiger partial charge in [0.05, 0.1) is 16.2 Å². The van der Waals surface area contributed by atoms with Gasteiger partial charge in [-0.05, 0) is 62.6 Å². The minimum Gasteiger partial charge on any atom is -0.365 e. The molecule has 0 N–H and O–H groups in total. The van der Waals surface area contributed by atoms with Crippen molar-refractivity contribution < 1.29 is 4.79 Å². The van der Waals surface area contributed by atoms with E-state index < -0.39 is 0 Å². The zero-order valence-electron chi connectivity index (χ0n) is 17.9. The first-order chi connectivity index (χ1) is 14.8. The predicted octanol–water partition coefficient (Wildman–Crippen LogP) is 5.66. The number of anilines is 2. The number of amides is 1. The highest BCUT2D eigenvalue weighted by molar-refractivity contribution is 8.00. The van der Waals surface area contributed by atoms with Gasteiger partial charge >= 0.3 is 0 Å². The predicted molar refractivity (Wildman–Crippen MR) is 131 cm³/mol. The SMILES string of the molecule is CC1(C)SC[C@@H](C(=O)N2CCN(C3CC3)c3ccccc32)N1Cc1cc(Cl)ccc1Cl. The molecule has 31 heavy (non-hydrogen) atoms. The summed E-state index contributed by atoms with van der Waals surface area (Å²) in [4.78, 5) is 20.5. The summed E-state index contributed by atoms with van der Waals surface area (Å²) in [5.74, 6) is 0.953. The molecule has 2 aromatic carbocycles. The maximum absolute atomic E-state index is 13.9. The van der Waals surface area contributed by atoms with Crippen molar-refractivity contribution in [2.24, 2.45) is 0 Å². The van der Waals surface area contributed by atoms with Crippen LogP contribution in [0.2, 0.25) is 10.0 Å². The van der Waals surface area contributed by atoms with Crippen LogP contribution < -0.4 is 9.80 Å². The first-order valence-electron chi connectivity index (χ1n) is 10.9. The van der Waals surface area contributed by atoms with Crippen LogP contribution in [0.25, 0.3) is 0 Å². The Labute approximate surface area is 198 Å². The lowest BCUT2D eigenvalue weighted by atomic mass is 10.1. The molecule has 0 unspecified atom stereocenters. The van der Waals surface area contributed by atoms with Gasteiger partial charge in [-0.15, -0.1) is 11.8 Å². The Kier molecular flexibility index (Phi) is 5.66. The van der Waals surface area contributed by atoms with E-state index in [0.29, 0.717) is 22.6 Å². The van der Waals surface area contributed by atoms with Crippen molar-refractivity contribution in [3.05, 3.63) is 58.1 Å². The quantitative estimate of drug-likeness (QED) is 0.569. The Hall–Kier alpha value is -1.40. The van der Waals surface area contributed by atoms with Gasteiger partial charge < -0.3 is 9.80 Å². The highest BCUT2D eigenvalue weighted by Gasteiger charge is 2.46. The van der Waals surface area contributed by atoms with Crippen molar-refractivity contribution in [1.82, 2.24) is 4.90 Å². The number of nitrogens with zero attached hydrogens (tertiary/aromatic N) is 3. The monoisotopic (exact) mass is 475 g/mol. The van der Waals surface area contributed by atoms with Crippen LogP contribution in [-0.4, -0.2) is 46.6 Å². The molecule has 2 heterocycles. The van der Waals surface area contributed by atoms with E-state index in [9.17, 15) is 4.79 Å². The van der Waals surface area contributed by atoms with Gasteiger partial charge in [-0.3, -0.25) is 9.69 Å². The van der Waals surface area contributed by atoms with Crippen LogP contribution in [0.5, 0.6) is 0 Å². The second-order valence-electron chi connectivity index (χ2n) is 9.04. The molecule has 4 nitrogen and oxygen atoms in total. The Morgan fingerprint density at radius 2 is 1.84 bits per heavy atom. The number of fused-ring (bicyclic) bond motifs is 1. The molecule has 1 aliphatic carbocycles. The maximum atomic E-state index is 13.9. The average molecular weight is 476 g/mol. The lowest BCUT2D eigenvalue weighted by Gasteiger charge is -2.41. The summed E-state index contributed by atoms with van der Waals surface area (Å²) in [6.45, 7) is 6.60. The number of hydrogen-bond acceptors (Lipinski definition) is 4. The van der Waals surface area contributed by atoms with Crippen LogP contribution in [0.15, 0.2) is 42.5 Å². The molecular formula is C24H27Cl2N3OS. The molecule has 7 heteroatoms. The third-order valence-corrected chi connectivity index (χ3v) is 8.62. The van der Waals surface area contributed by atoms with Crippen molar-refractivity contribution in [2.75, 3.05) is 28.6 Å². The normalized spacial score (nSPS) is 23.2. The summed E-state index contributed by atoms with van der Waals surface area (Å²) in [5.41, 5.74) is 3.20. The fourth-order valence-electron chi connectivity index (χ4n) is 4.74. The maximum Gasteiger partial charge on any atom is 0.245 e. The zero-order valence-corrected chi connectivity index (χ0v) is 20.2. The molecule has 1 saturated heterocycles. The van der Waals surface area contributed by atoms with Gasteiger partial charge in [-0.1, -0.05) is 35.3 Å². The number of para-hydroxylation sites is 2. The first-order valence-corrected chi connectivity index (χ1v) is 12.6. The van der Waals surface area contributed by atoms with Crippen molar-refractivity contribution in [1.29, 1.82) is 0 Å². The standard InChI is InChI=1S/C24H27Cl2N3OS/c1-24(2)29(14-16-13-17(25)7-10-19(16)26)22(15-31-24)23(30)28-12-11-27(18-8-9-18)20-5-3-4-6-21(20)28/h3-7,10,13,18,22H,8-9,11-12,14-15H2,1-2H3/t22-/m0/s1. The van der Waals surface area contributed by atoms with E-state index in [1.54, 1.807) is 6.07 Å². The van der Waals surface area contributed by atoms with Gasteiger partial charge in [0.1, 0.15) is 6.04 Å². The fourth-order valence-corrected chi connectivity index (χ4v) is 6.36. The van der Waals surface area contributed by atoms with Crippen LogP contribution in [-0.2, 0) is 11.3 Å². The number of thioether (sulfide) groups is 1. The molecule has 0 spiro atoms. The number of halogens is 2. The van der Waals surface area contributed by atoms with Gasteiger partial charge in [-0.25, -0.2) is 0 Å². The van der Waals surface area contributed by atoms with E-state index in [0.717, 1.165) is 30.1 Å². The Morgan fingerprint density at radius 1 is 1.10 bits per heavy atom. The van der Waals surface area contributed by atoms with E-state index in [1.807, 2.05) is 34.9 Å². The summed E-state index contributed by atoms with van der Waals surface area (Å²) in [6.07, 6.45) is 2.51. The second-order valence-corrected chi connectivity index (χ2v) is 11.5. The molecule has 164 valence electrons. The molecule has 2 fully saturated rings. The highest BCUT2D eigenvalue weighted by Crippen LogP contribution is 2.44. The summed E-state index contributed by atoms with van der Waals surface area (Å²) in [5, 5.41) is 1.35. The lowest BCUT2D eigenvalue weighted by Crippen LogP contribution is -2.54. The summed E-state index contributed by atoms with van der Waals surface area (Å²) in [7, 11) is 0. The summed E-state index contributed by atoms with van der Waals surface area (Å²) in [6, 6.07) is 14.3. The lowest BCUT2D eigenvalue weighted by molar-refractivity contribution is -0.123. The minimum atomic E-state index is -0.199. The number of hydrogen-bond donors (Lipinski definition) is 0. The number of benzene rings is 2. The number of carbonyl (C=O) groups is 1. The summed E-state index contributed by atoms with van der Waals surface area (Å²) >= 11 is 14.5. The van der Waals surface area contributed by atoms with Crippen molar-refractivity contribution in [3.8, 4) is 0 Å². The van der Waals surface area contributed by atoms with E-state index in [1.165, 1.54) is 18.5 Å². The van der Waals surface area contributed by atoms with Crippen molar-refractivity contribution in [3.63, 3.8) is 0 Å². The molecule has 5 rings (SSSR count). The Morgan fingerprint density at radius 3 is 2.58 bits per heavy atom. The molecule has 3 aliphatic rings. The van der Waals surface area contributed by atoms with Crippen molar-refractivity contribution >= 4 is 52.2 Å². The average Bonchev–Trinajstić information content (AvgIpc) is 3.55. The molecule has 1 saturated carbocycles. The fraction of sp³-hybridized carbons (Fsp3) is 0.458. The largest absolute Gasteiger partial charge is 0.365 e. The molecule has 0 bridgehead atoms. The second kappa shape index (κ2) is 8.18. The number of rotatable bonds is 4. The third kappa shape index (κ3) is 4.06. The molecule has 1 amide bonds. The van der Waals surface area contributed by atoms with Crippen LogP contribution in [0.1, 0.15) is 32.3 Å². The van der Waals surface area contributed by atoms with Gasteiger partial charge in [0, 0.05) is 41.5 Å². The van der Waals surface area contributed by atoms with Crippen LogP contribution in [0.3, 0.4) is 0 Å². The molecule has 0 radical (unpaired) electrons. The molecular weight excluding hydrogens is 449 g/mol. The molecule has 2 aromatic rings. The highest BCUT2D eigenvalue weighted by atomic mass is 35.5. The van der Waals surface area contributed by atoms with Crippen LogP contribution >= 0.6 is 35.0 Å². The van der Waals surface area contributed by atoms with Gasteiger partial charge in [0.2, 0.25) is 5.91 Å². The molecule has 2 aliphatic heterocycles. The Balaban J connectivity index is 1.43.